The van der Waals surface area contributed by atoms with Gasteiger partial charge in [-0.1, -0.05) is 82.0 Å². The summed E-state index contributed by atoms with van der Waals surface area (Å²) < 4.78 is 13.0. The molecule has 2 aromatic heterocycles. The van der Waals surface area contributed by atoms with Crippen molar-refractivity contribution in [1.82, 2.24) is 15.1 Å². The van der Waals surface area contributed by atoms with Crippen LogP contribution >= 0.6 is 45.9 Å². The smallest absolute Gasteiger partial charge is 0.358 e. The molecule has 412 valence electrons. The van der Waals surface area contributed by atoms with Crippen molar-refractivity contribution in [2.45, 2.75) is 101 Å². The molecule has 4 fully saturated rings. The second kappa shape index (κ2) is 26.4. The molecule has 6 heterocycles. The van der Waals surface area contributed by atoms with Crippen molar-refractivity contribution in [3.8, 4) is 32.4 Å². The number of benzene rings is 4. The van der Waals surface area contributed by atoms with E-state index in [1.165, 1.54) is 35.5 Å². The number of hydrogen-bond donors (Lipinski definition) is 5. The minimum absolute atomic E-state index is 0. The van der Waals surface area contributed by atoms with Gasteiger partial charge in [-0.2, -0.15) is 0 Å². The van der Waals surface area contributed by atoms with Crippen molar-refractivity contribution in [2.75, 3.05) is 39.3 Å². The summed E-state index contributed by atoms with van der Waals surface area (Å²) >= 11 is 15.0. The van der Waals surface area contributed by atoms with Crippen LogP contribution in [0.15, 0.2) is 120 Å². The lowest BCUT2D eigenvalue weighted by Crippen LogP contribution is -2.49. The summed E-state index contributed by atoms with van der Waals surface area (Å²) in [6.07, 6.45) is 8.46. The molecule has 2 aliphatic carbocycles. The Bertz CT molecular complexity index is 3070. The van der Waals surface area contributed by atoms with Gasteiger partial charge in [0.15, 0.2) is 11.4 Å². The molecule has 78 heavy (non-hydrogen) atoms. The molecule has 6 N–H and O–H groups in total. The van der Waals surface area contributed by atoms with Gasteiger partial charge in [0, 0.05) is 51.1 Å². The van der Waals surface area contributed by atoms with E-state index in [4.69, 9.17) is 53.2 Å². The molecule has 2 saturated carbocycles. The van der Waals surface area contributed by atoms with Crippen LogP contribution in [0.4, 0.5) is 4.70 Å². The van der Waals surface area contributed by atoms with Gasteiger partial charge < -0.3 is 55.3 Å². The number of nitrogens with two attached hydrogens (primary N) is 1. The fourth-order valence-electron chi connectivity index (χ4n) is 9.67. The number of carbonyl (C=O) groups is 2. The molecule has 1 amide bonds. The van der Waals surface area contributed by atoms with Crippen LogP contribution in [-0.4, -0.2) is 112 Å². The Hall–Kier alpha value is -5.93. The number of amides is 1. The first kappa shape index (κ1) is 56.8. The van der Waals surface area contributed by atoms with Gasteiger partial charge in [0.2, 0.25) is 0 Å². The summed E-state index contributed by atoms with van der Waals surface area (Å²) in [7, 11) is 0. The minimum Gasteiger partial charge on any atom is -0.490 e. The van der Waals surface area contributed by atoms with Gasteiger partial charge in [-0.3, -0.25) is 9.50 Å². The maximum absolute atomic E-state index is 13.5. The van der Waals surface area contributed by atoms with Crippen molar-refractivity contribution in [2.24, 2.45) is 16.0 Å². The molecule has 0 spiro atoms. The normalized spacial score (nSPS) is 18.2. The average Bonchev–Trinajstić information content (AvgIpc) is 4.16. The molecule has 20 heteroatoms. The van der Waals surface area contributed by atoms with E-state index in [-0.39, 0.29) is 41.3 Å². The van der Waals surface area contributed by atoms with Gasteiger partial charge in [-0.15, -0.1) is 22.7 Å². The maximum atomic E-state index is 13.5. The summed E-state index contributed by atoms with van der Waals surface area (Å²) in [5, 5.41) is 41.5. The lowest BCUT2D eigenvalue weighted by atomic mass is 9.97. The minimum atomic E-state index is -1.09. The number of carboxylic acid groups (broad SMARTS) is 1. The molecule has 6 aromatic rings. The van der Waals surface area contributed by atoms with E-state index in [1.54, 1.807) is 6.07 Å². The number of thiophene rings is 2. The van der Waals surface area contributed by atoms with Gasteiger partial charge in [0.05, 0.1) is 33.0 Å². The Kier molecular flexibility index (Phi) is 19.2. The van der Waals surface area contributed by atoms with Crippen molar-refractivity contribution < 1.29 is 48.8 Å². The van der Waals surface area contributed by atoms with E-state index in [0.29, 0.717) is 24.3 Å². The van der Waals surface area contributed by atoms with Crippen LogP contribution < -0.4 is 20.5 Å². The molecule has 4 atom stereocenters. The summed E-state index contributed by atoms with van der Waals surface area (Å²) in [5.41, 5.74) is 12.9. The third-order valence-electron chi connectivity index (χ3n) is 14.1. The largest absolute Gasteiger partial charge is 0.490 e. The zero-order valence-corrected chi connectivity index (χ0v) is 46.0. The molecule has 4 aromatic carbocycles. The fourth-order valence-corrected chi connectivity index (χ4v) is 11.8. The van der Waals surface area contributed by atoms with Crippen LogP contribution in [0.3, 0.4) is 0 Å². The van der Waals surface area contributed by atoms with Crippen molar-refractivity contribution in [1.29, 1.82) is 0 Å². The highest BCUT2D eigenvalue weighted by molar-refractivity contribution is 7.19. The van der Waals surface area contributed by atoms with Gasteiger partial charge in [0.1, 0.15) is 30.8 Å². The number of carboxylic acids is 1. The Labute approximate surface area is 470 Å². The van der Waals surface area contributed by atoms with E-state index in [2.05, 4.69) is 25.4 Å². The van der Waals surface area contributed by atoms with Gasteiger partial charge in [-0.25, -0.2) is 4.79 Å². The topological polar surface area (TPSA) is 201 Å². The zero-order valence-electron chi connectivity index (χ0n) is 42.8. The van der Waals surface area contributed by atoms with Crippen LogP contribution in [0.2, 0.25) is 8.67 Å². The average molecular weight is 1140 g/mol. The molecular weight excluding hydrogens is 1080 g/mol. The molecule has 6 aliphatic rings. The van der Waals surface area contributed by atoms with Crippen LogP contribution in [0.25, 0.3) is 20.9 Å². The predicted octanol–water partition coefficient (Wildman–Crippen LogP) is 10.4. The third kappa shape index (κ3) is 14.8. The Morgan fingerprint density at radius 3 is 1.54 bits per heavy atom. The highest BCUT2D eigenvalue weighted by Crippen LogP contribution is 2.36. The van der Waals surface area contributed by atoms with E-state index in [0.717, 1.165) is 140 Å². The zero-order chi connectivity index (χ0) is 53.4. The molecule has 12 rings (SSSR count). The molecule has 2 saturated heterocycles. The van der Waals surface area contributed by atoms with Crippen LogP contribution in [0.5, 0.6) is 11.5 Å². The number of oxime groups is 2. The number of nitrogens with zero attached hydrogens (tertiary/aromatic N) is 4. The van der Waals surface area contributed by atoms with Crippen molar-refractivity contribution in [3.05, 3.63) is 151 Å². The standard InChI is InChI=1S/C29H30ClN3O4S.C16H24N2O2.C13H8ClNO3S.FH/c30-26-12-11-25(38-26)19-5-10-23-20(15-19)17-36-32-27(23)29(35)31-24(16-33-13-1-2-14-33)28(34)18-3-6-21(7-4-18)37-22-8-9-22;17-15(11-18-9-1-2-10-18)16(19)12-3-5-13(6-4-12)20-14-7-8-14;14-11-4-3-10(19-11)7-1-2-9-8(5-7)6-18-15-12(9)13(16)17;/h3-7,10-12,15,22,24,28,34H,1-2,8-9,13-14,16-17H2,(H,31,35);3-6,14-16,19H,1-2,7-11,17H2;1-5H,6H2,(H,16,17);1H/t24-,28-;15-,16-;;/m11../s1. The quantitative estimate of drug-likeness (QED) is 0.0580. The first-order valence-corrected chi connectivity index (χ1v) is 28.6. The van der Waals surface area contributed by atoms with Crippen molar-refractivity contribution in [3.63, 3.8) is 0 Å². The first-order valence-electron chi connectivity index (χ1n) is 26.2. The molecule has 15 nitrogen and oxygen atoms in total. The van der Waals surface area contributed by atoms with Crippen LogP contribution in [-0.2, 0) is 32.5 Å². The van der Waals surface area contributed by atoms with Crippen LogP contribution in [0.1, 0.15) is 97.0 Å². The number of ether oxygens (including phenoxy) is 2. The number of aliphatic hydroxyl groups is 2. The van der Waals surface area contributed by atoms with Gasteiger partial charge in [-0.05, 0) is 160 Å². The number of halogens is 3. The second-order valence-corrected chi connectivity index (χ2v) is 23.5. The number of nitrogens with one attached hydrogen (secondary N) is 1. The highest BCUT2D eigenvalue weighted by atomic mass is 35.5. The van der Waals surface area contributed by atoms with Gasteiger partial charge in [0.25, 0.3) is 5.91 Å². The summed E-state index contributed by atoms with van der Waals surface area (Å²) in [5.74, 6) is 0.234. The van der Waals surface area contributed by atoms with E-state index < -0.39 is 24.2 Å². The van der Waals surface area contributed by atoms with Gasteiger partial charge >= 0.3 is 5.97 Å². The number of hydrogen-bond acceptors (Lipinski definition) is 15. The summed E-state index contributed by atoms with van der Waals surface area (Å²) in [4.78, 5) is 41.7. The Balaban J connectivity index is 0.000000156. The fraction of sp³-hybridized carbons (Fsp3) is 0.379. The summed E-state index contributed by atoms with van der Waals surface area (Å²) in [6.45, 7) is 6.00. The molecule has 0 bridgehead atoms. The predicted molar refractivity (Wildman–Crippen MR) is 304 cm³/mol. The molecule has 0 radical (unpaired) electrons. The summed E-state index contributed by atoms with van der Waals surface area (Å²) in [6, 6.07) is 33.5. The molecule has 0 unspecified atom stereocenters. The Morgan fingerprint density at radius 1 is 0.641 bits per heavy atom. The molecular formula is C58H63Cl2FN6O9S2. The second-order valence-electron chi connectivity index (χ2n) is 20.1. The lowest BCUT2D eigenvalue weighted by molar-refractivity contribution is -0.129. The van der Waals surface area contributed by atoms with E-state index in [9.17, 15) is 19.8 Å². The number of carbonyl (C=O) groups excluding carboxylic acids is 1. The van der Waals surface area contributed by atoms with Crippen LogP contribution in [0, 0.1) is 0 Å². The molecule has 4 aliphatic heterocycles. The van der Waals surface area contributed by atoms with E-state index >= 15 is 0 Å². The maximum Gasteiger partial charge on any atom is 0.358 e. The van der Waals surface area contributed by atoms with E-state index in [1.807, 2.05) is 103 Å². The Morgan fingerprint density at radius 2 is 1.09 bits per heavy atom. The highest BCUT2D eigenvalue weighted by Gasteiger charge is 2.32. The van der Waals surface area contributed by atoms with Crippen molar-refractivity contribution >= 4 is 69.2 Å². The number of likely N-dealkylation sites (tertiary alicyclic amines) is 2. The number of aliphatic hydroxyl groups excluding tert-OH is 2. The SMILES string of the molecule is F.N[C@H](CN1CCCC1)[C@H](O)c1ccc(OC2CC2)cc1.O=C(N[C@H](CN1CCCC1)[C@H](O)c1ccc(OC2CC2)cc1)C1=NOCc2cc(-c3ccc(Cl)s3)ccc21.O=C(O)C1=NOCc2cc(-c3ccc(Cl)s3)ccc21. The first-order chi connectivity index (χ1) is 37.4. The monoisotopic (exact) mass is 1140 g/mol. The number of aliphatic carboxylic acids is 1. The lowest BCUT2D eigenvalue weighted by Gasteiger charge is -2.29. The number of rotatable bonds is 17. The number of fused-ring (bicyclic) bond motifs is 2. The third-order valence-corrected chi connectivity index (χ3v) is 16.7.